The molecule has 0 unspecified atom stereocenters. The number of fused-ring (bicyclic) bond motifs is 1. The van der Waals surface area contributed by atoms with Crippen LogP contribution in [0.2, 0.25) is 5.02 Å². The molecule has 0 saturated heterocycles. The second-order valence-corrected chi connectivity index (χ2v) is 7.26. The van der Waals surface area contributed by atoms with E-state index in [4.69, 9.17) is 21.6 Å². The van der Waals surface area contributed by atoms with Crippen molar-refractivity contribution < 1.29 is 0 Å². The summed E-state index contributed by atoms with van der Waals surface area (Å²) in [6.07, 6.45) is 0. The van der Waals surface area contributed by atoms with Crippen molar-refractivity contribution >= 4 is 45.6 Å². The van der Waals surface area contributed by atoms with Crippen LogP contribution in [0.25, 0.3) is 21.6 Å². The first-order chi connectivity index (χ1) is 11.3. The molecule has 0 atom stereocenters. The highest BCUT2D eigenvalue weighted by Crippen LogP contribution is 2.36. The quantitative estimate of drug-likeness (QED) is 0.412. The third-order valence-electron chi connectivity index (χ3n) is 3.35. The highest BCUT2D eigenvalue weighted by atomic mass is 35.5. The molecule has 0 bridgehead atoms. The Kier molecular flexibility index (Phi) is 4.04. The molecule has 0 radical (unpaired) electrons. The molecule has 112 valence electrons. The van der Waals surface area contributed by atoms with Gasteiger partial charge in [0, 0.05) is 10.3 Å². The van der Waals surface area contributed by atoms with E-state index in [2.05, 4.69) is 0 Å². The molecule has 4 aromatic rings. The second kappa shape index (κ2) is 6.32. The molecule has 0 aliphatic rings. The van der Waals surface area contributed by atoms with E-state index in [9.17, 15) is 0 Å². The van der Waals surface area contributed by atoms with Gasteiger partial charge >= 0.3 is 0 Å². The summed E-state index contributed by atoms with van der Waals surface area (Å²) in [5.41, 5.74) is 0.945. The Balaban J connectivity index is 1.89. The van der Waals surface area contributed by atoms with Gasteiger partial charge in [0.1, 0.15) is 5.03 Å². The highest BCUT2D eigenvalue weighted by molar-refractivity contribution is 7.99. The van der Waals surface area contributed by atoms with Crippen LogP contribution in [0.5, 0.6) is 0 Å². The number of nitrogens with zero attached hydrogens (tertiary/aromatic N) is 2. The molecule has 0 fully saturated rings. The van der Waals surface area contributed by atoms with Crippen molar-refractivity contribution in [3.63, 3.8) is 0 Å². The highest BCUT2D eigenvalue weighted by Gasteiger charge is 2.12. The fourth-order valence-corrected chi connectivity index (χ4v) is 4.12. The van der Waals surface area contributed by atoms with Crippen LogP contribution >= 0.6 is 34.7 Å². The number of halogens is 1. The van der Waals surface area contributed by atoms with Crippen molar-refractivity contribution in [1.82, 2.24) is 9.97 Å². The summed E-state index contributed by atoms with van der Waals surface area (Å²) in [5, 5.41) is 4.73. The summed E-state index contributed by atoms with van der Waals surface area (Å²) >= 11 is 9.52. The monoisotopic (exact) mass is 354 g/mol. The van der Waals surface area contributed by atoms with Gasteiger partial charge in [0.25, 0.3) is 0 Å². The Hall–Kier alpha value is -1.88. The van der Waals surface area contributed by atoms with Crippen LogP contribution in [0, 0.1) is 0 Å². The van der Waals surface area contributed by atoms with Crippen LogP contribution in [0.15, 0.2) is 76.0 Å². The predicted octanol–water partition coefficient (Wildman–Crippen LogP) is 6.16. The van der Waals surface area contributed by atoms with Crippen LogP contribution in [0.1, 0.15) is 0 Å². The Morgan fingerprint density at radius 2 is 1.70 bits per heavy atom. The first-order valence-corrected chi connectivity index (χ1v) is 9.12. The zero-order valence-electron chi connectivity index (χ0n) is 11.9. The summed E-state index contributed by atoms with van der Waals surface area (Å²) in [4.78, 5) is 11.5. The van der Waals surface area contributed by atoms with Crippen LogP contribution in [0.3, 0.4) is 0 Å². The van der Waals surface area contributed by atoms with Gasteiger partial charge in [0.05, 0.1) is 15.4 Å². The minimum atomic E-state index is 0.734. The molecule has 0 saturated carbocycles. The number of thiophene rings is 1. The Bertz CT molecular complexity index is 968. The number of rotatable bonds is 3. The minimum absolute atomic E-state index is 0.734. The third-order valence-corrected chi connectivity index (χ3v) is 5.74. The van der Waals surface area contributed by atoms with Crippen molar-refractivity contribution in [2.45, 2.75) is 9.92 Å². The number of hydrogen-bond acceptors (Lipinski definition) is 4. The first-order valence-electron chi connectivity index (χ1n) is 7.04. The van der Waals surface area contributed by atoms with E-state index in [1.807, 2.05) is 66.0 Å². The Labute approximate surface area is 147 Å². The largest absolute Gasteiger partial charge is 0.227 e. The SMILES string of the molecule is Clc1ccccc1Sc1nc(-c2cccs2)nc2ccccc12. The van der Waals surface area contributed by atoms with Crippen LogP contribution in [0.4, 0.5) is 0 Å². The maximum atomic E-state index is 6.30. The number of benzene rings is 2. The third kappa shape index (κ3) is 2.98. The molecular formula is C18H11ClN2S2. The summed E-state index contributed by atoms with van der Waals surface area (Å²) < 4.78 is 0. The van der Waals surface area contributed by atoms with Crippen LogP contribution < -0.4 is 0 Å². The van der Waals surface area contributed by atoms with Gasteiger partial charge in [-0.2, -0.15) is 0 Å². The fraction of sp³-hybridized carbons (Fsp3) is 0. The second-order valence-electron chi connectivity index (χ2n) is 4.88. The summed E-state index contributed by atoms with van der Waals surface area (Å²) in [7, 11) is 0. The van der Waals surface area contributed by atoms with Crippen molar-refractivity contribution in [2.24, 2.45) is 0 Å². The zero-order valence-corrected chi connectivity index (χ0v) is 14.3. The number of hydrogen-bond donors (Lipinski definition) is 0. The number of para-hydroxylation sites is 1. The van der Waals surface area contributed by atoms with E-state index in [-0.39, 0.29) is 0 Å². The van der Waals surface area contributed by atoms with Crippen molar-refractivity contribution in [2.75, 3.05) is 0 Å². The van der Waals surface area contributed by atoms with Gasteiger partial charge in [-0.15, -0.1) is 11.3 Å². The normalized spacial score (nSPS) is 11.0. The van der Waals surface area contributed by atoms with E-state index in [0.717, 1.165) is 36.5 Å². The Morgan fingerprint density at radius 3 is 2.52 bits per heavy atom. The van der Waals surface area contributed by atoms with E-state index in [1.165, 1.54) is 0 Å². The molecule has 2 nitrogen and oxygen atoms in total. The summed E-state index contributed by atoms with van der Waals surface area (Å²) in [6.45, 7) is 0. The lowest BCUT2D eigenvalue weighted by Crippen LogP contribution is -1.92. The molecule has 2 aromatic heterocycles. The van der Waals surface area contributed by atoms with Gasteiger partial charge in [0.15, 0.2) is 5.82 Å². The lowest BCUT2D eigenvalue weighted by Gasteiger charge is -2.08. The van der Waals surface area contributed by atoms with Crippen LogP contribution in [-0.2, 0) is 0 Å². The predicted molar refractivity (Wildman–Crippen MR) is 98.4 cm³/mol. The van der Waals surface area contributed by atoms with E-state index in [1.54, 1.807) is 23.1 Å². The molecule has 23 heavy (non-hydrogen) atoms. The molecule has 4 rings (SSSR count). The zero-order chi connectivity index (χ0) is 15.6. The first kappa shape index (κ1) is 14.7. The minimum Gasteiger partial charge on any atom is -0.227 e. The lowest BCUT2D eigenvalue weighted by molar-refractivity contribution is 1.12. The van der Waals surface area contributed by atoms with Gasteiger partial charge in [-0.1, -0.05) is 59.8 Å². The molecule has 0 spiro atoms. The summed E-state index contributed by atoms with van der Waals surface area (Å²) in [6, 6.07) is 19.9. The molecule has 0 aliphatic heterocycles. The van der Waals surface area contributed by atoms with E-state index < -0.39 is 0 Å². The maximum absolute atomic E-state index is 6.30. The van der Waals surface area contributed by atoms with Gasteiger partial charge in [0.2, 0.25) is 0 Å². The Morgan fingerprint density at radius 1 is 0.870 bits per heavy atom. The summed E-state index contributed by atoms with van der Waals surface area (Å²) in [5.74, 6) is 0.758. The smallest absolute Gasteiger partial charge is 0.171 e. The topological polar surface area (TPSA) is 25.8 Å². The molecule has 2 heterocycles. The molecule has 0 amide bonds. The average Bonchev–Trinajstić information content (AvgIpc) is 3.11. The van der Waals surface area contributed by atoms with Crippen molar-refractivity contribution in [3.8, 4) is 10.7 Å². The van der Waals surface area contributed by atoms with Crippen molar-refractivity contribution in [1.29, 1.82) is 0 Å². The van der Waals surface area contributed by atoms with Gasteiger partial charge < -0.3 is 0 Å². The molecule has 0 aliphatic carbocycles. The number of aromatic nitrogens is 2. The lowest BCUT2D eigenvalue weighted by atomic mass is 10.2. The van der Waals surface area contributed by atoms with E-state index in [0.29, 0.717) is 0 Å². The molecular weight excluding hydrogens is 344 g/mol. The average molecular weight is 355 g/mol. The maximum Gasteiger partial charge on any atom is 0.171 e. The molecule has 5 heteroatoms. The standard InChI is InChI=1S/C18H11ClN2S2/c19-13-7-2-4-9-15(13)23-18-12-6-1-3-8-14(12)20-17(21-18)16-10-5-11-22-16/h1-11H. The van der Waals surface area contributed by atoms with Crippen molar-refractivity contribution in [3.05, 3.63) is 71.1 Å². The van der Waals surface area contributed by atoms with E-state index >= 15 is 0 Å². The van der Waals surface area contributed by atoms with Gasteiger partial charge in [-0.3, -0.25) is 0 Å². The molecule has 0 N–H and O–H groups in total. The van der Waals surface area contributed by atoms with Gasteiger partial charge in [-0.25, -0.2) is 9.97 Å². The van der Waals surface area contributed by atoms with Gasteiger partial charge in [-0.05, 0) is 29.6 Å². The molecule has 2 aromatic carbocycles. The fourth-order valence-electron chi connectivity index (χ4n) is 2.27. The van der Waals surface area contributed by atoms with Crippen LogP contribution in [-0.4, -0.2) is 9.97 Å².